The zero-order valence-corrected chi connectivity index (χ0v) is 11.6. The van der Waals surface area contributed by atoms with Crippen molar-refractivity contribution in [2.75, 3.05) is 0 Å². The van der Waals surface area contributed by atoms with E-state index < -0.39 is 18.0 Å². The van der Waals surface area contributed by atoms with Crippen LogP contribution in [0.1, 0.15) is 33.6 Å². The number of hydrogen-bond donors (Lipinski definition) is 2. The lowest BCUT2D eigenvalue weighted by molar-refractivity contribution is 0.661. The van der Waals surface area contributed by atoms with Crippen molar-refractivity contribution in [1.29, 1.82) is 4.78 Å². The van der Waals surface area contributed by atoms with Gasteiger partial charge in [-0.2, -0.15) is 0 Å². The Balaban J connectivity index is 3.19. The molecule has 0 aromatic heterocycles. The highest BCUT2D eigenvalue weighted by atomic mass is 32.2. The normalized spacial score (nSPS) is 25.6. The minimum atomic E-state index is -2.87. The summed E-state index contributed by atoms with van der Waals surface area (Å²) in [4.78, 5) is 0. The van der Waals surface area contributed by atoms with Crippen molar-refractivity contribution in [3.05, 3.63) is 0 Å². The fourth-order valence-electron chi connectivity index (χ4n) is 2.10. The van der Waals surface area contributed by atoms with Gasteiger partial charge in [-0.3, -0.25) is 0 Å². The van der Waals surface area contributed by atoms with Crippen molar-refractivity contribution < 1.29 is 4.21 Å². The van der Waals surface area contributed by atoms with Crippen LogP contribution in [-0.4, -0.2) is 16.7 Å². The Kier molecular flexibility index (Phi) is 2.46. The summed E-state index contributed by atoms with van der Waals surface area (Å²) in [5, 5.41) is 5.75. The fraction of sp³-hybridized carbons (Fsp3) is 1.00. The smallest absolute Gasteiger partial charge is 0.105 e. The zero-order chi connectivity index (χ0) is 11.4. The molecule has 1 aliphatic carbocycles. The number of hydrogen-bond acceptors (Lipinski definition) is 2. The first kappa shape index (κ1) is 12.2. The van der Waals surface area contributed by atoms with Gasteiger partial charge < -0.3 is 0 Å². The van der Waals surface area contributed by atoms with Crippen molar-refractivity contribution in [1.82, 2.24) is 0 Å². The molecule has 0 heterocycles. The average molecular weight is 234 g/mol. The highest BCUT2D eigenvalue weighted by Gasteiger charge is 2.65. The lowest BCUT2D eigenvalue weighted by Gasteiger charge is -2.43. The van der Waals surface area contributed by atoms with Gasteiger partial charge in [0.2, 0.25) is 0 Å². The van der Waals surface area contributed by atoms with Gasteiger partial charge in [0.25, 0.3) is 0 Å². The molecule has 84 valence electrons. The number of nitrogens with one attached hydrogen (secondary N) is 1. The van der Waals surface area contributed by atoms with E-state index >= 15 is 0 Å². The molecule has 1 rings (SSSR count). The van der Waals surface area contributed by atoms with Gasteiger partial charge in [0, 0.05) is 0 Å². The van der Waals surface area contributed by atoms with E-state index in [1.54, 1.807) is 0 Å². The van der Waals surface area contributed by atoms with Gasteiger partial charge in [0.1, 0.15) is 9.92 Å². The van der Waals surface area contributed by atoms with Gasteiger partial charge in [-0.15, -0.1) is 0 Å². The predicted molar refractivity (Wildman–Crippen MR) is 64.2 cm³/mol. The molecule has 0 radical (unpaired) electrons. The maximum atomic E-state index is 11.8. The van der Waals surface area contributed by atoms with Crippen LogP contribution in [-0.2, 0) is 9.92 Å². The largest absolute Gasteiger partial charge is 0.245 e. The van der Waals surface area contributed by atoms with Crippen LogP contribution in [0.15, 0.2) is 0 Å². The molecule has 1 saturated carbocycles. The zero-order valence-electron chi connectivity index (χ0n) is 9.81. The maximum Gasteiger partial charge on any atom is 0.105 e. The third kappa shape index (κ3) is 1.45. The Morgan fingerprint density at radius 3 is 1.79 bits per heavy atom. The molecule has 0 aliphatic heterocycles. The fourth-order valence-corrected chi connectivity index (χ4v) is 9.51. The predicted octanol–water partition coefficient (Wildman–Crippen LogP) is 2.49. The van der Waals surface area contributed by atoms with E-state index in [1.807, 2.05) is 0 Å². The highest BCUT2D eigenvalue weighted by molar-refractivity contribution is 7.94. The second-order valence-corrected chi connectivity index (χ2v) is 14.0. The molecule has 3 nitrogen and oxygen atoms in total. The molecule has 1 atom stereocenters. The Morgan fingerprint density at radius 1 is 1.36 bits per heavy atom. The van der Waals surface area contributed by atoms with Crippen LogP contribution in [0.3, 0.4) is 0 Å². The second kappa shape index (κ2) is 2.83. The standard InChI is InChI=1S/C9H22N2OSSi/c1-8(2,3)14(4,5)9(6-7-9)13(10,11)12/h6-7H2,1-5H3,(H3,10,11,12). The van der Waals surface area contributed by atoms with E-state index in [1.165, 1.54) is 0 Å². The topological polar surface area (TPSA) is 66.9 Å². The molecule has 0 saturated heterocycles. The van der Waals surface area contributed by atoms with Gasteiger partial charge in [-0.1, -0.05) is 33.9 Å². The van der Waals surface area contributed by atoms with Gasteiger partial charge in [0.05, 0.1) is 12.4 Å². The van der Waals surface area contributed by atoms with Gasteiger partial charge in [0.15, 0.2) is 0 Å². The Morgan fingerprint density at radius 2 is 1.71 bits per heavy atom. The van der Waals surface area contributed by atoms with Crippen molar-refractivity contribution in [2.24, 2.45) is 5.14 Å². The summed E-state index contributed by atoms with van der Waals surface area (Å²) < 4.78 is 19.2. The Hall–Kier alpha value is 0.127. The molecule has 0 amide bonds. The van der Waals surface area contributed by atoms with Crippen LogP contribution in [0.5, 0.6) is 0 Å². The van der Waals surface area contributed by atoms with Gasteiger partial charge in [-0.05, 0) is 17.9 Å². The van der Waals surface area contributed by atoms with Crippen molar-refractivity contribution in [3.8, 4) is 0 Å². The van der Waals surface area contributed by atoms with Crippen LogP contribution < -0.4 is 5.14 Å². The summed E-state index contributed by atoms with van der Waals surface area (Å²) in [5.41, 5.74) is 0. The first-order valence-electron chi connectivity index (χ1n) is 5.02. The summed E-state index contributed by atoms with van der Waals surface area (Å²) in [5.74, 6) is 0. The summed E-state index contributed by atoms with van der Waals surface area (Å²) >= 11 is 0. The van der Waals surface area contributed by atoms with E-state index in [9.17, 15) is 4.21 Å². The average Bonchev–Trinajstić information content (AvgIpc) is 2.58. The van der Waals surface area contributed by atoms with E-state index in [-0.39, 0.29) is 9.41 Å². The number of rotatable bonds is 2. The van der Waals surface area contributed by atoms with Gasteiger partial charge in [-0.25, -0.2) is 14.1 Å². The molecule has 0 aromatic rings. The first-order valence-corrected chi connectivity index (χ1v) is 9.64. The Labute approximate surface area is 88.6 Å². The third-order valence-electron chi connectivity index (χ3n) is 4.30. The van der Waals surface area contributed by atoms with E-state index in [0.717, 1.165) is 12.8 Å². The maximum absolute atomic E-state index is 11.8. The lowest BCUT2D eigenvalue weighted by Crippen LogP contribution is -2.56. The molecular weight excluding hydrogens is 212 g/mol. The minimum absolute atomic E-state index is 0.159. The minimum Gasteiger partial charge on any atom is -0.245 e. The van der Waals surface area contributed by atoms with Crippen molar-refractivity contribution in [3.63, 3.8) is 0 Å². The molecule has 0 bridgehead atoms. The summed E-state index contributed by atoms with van der Waals surface area (Å²) in [7, 11) is -4.62. The lowest BCUT2D eigenvalue weighted by atomic mass is 10.2. The van der Waals surface area contributed by atoms with Crippen LogP contribution >= 0.6 is 0 Å². The molecule has 1 aliphatic rings. The molecule has 0 spiro atoms. The second-order valence-electron chi connectivity index (χ2n) is 5.97. The van der Waals surface area contributed by atoms with Crippen molar-refractivity contribution >= 4 is 18.0 Å². The summed E-state index contributed by atoms with van der Waals surface area (Å²) in [6.07, 6.45) is 1.78. The molecule has 0 aromatic carbocycles. The van der Waals surface area contributed by atoms with Crippen LogP contribution in [0.4, 0.5) is 0 Å². The Bertz CT molecular complexity index is 336. The summed E-state index contributed by atoms with van der Waals surface area (Å²) in [6.45, 7) is 11.0. The first-order chi connectivity index (χ1) is 5.96. The van der Waals surface area contributed by atoms with E-state index in [0.29, 0.717) is 0 Å². The van der Waals surface area contributed by atoms with Crippen LogP contribution in [0.2, 0.25) is 18.1 Å². The molecule has 5 heteroatoms. The van der Waals surface area contributed by atoms with E-state index in [4.69, 9.17) is 9.92 Å². The summed E-state index contributed by atoms with van der Waals surface area (Å²) in [6, 6.07) is 0. The SMILES string of the molecule is CC(C)(C)[Si](C)(C)C1(S(=N)(N)=O)CC1. The molecule has 14 heavy (non-hydrogen) atoms. The third-order valence-corrected chi connectivity index (χ3v) is 14.8. The quantitative estimate of drug-likeness (QED) is 0.708. The van der Waals surface area contributed by atoms with Crippen LogP contribution in [0.25, 0.3) is 0 Å². The van der Waals surface area contributed by atoms with Gasteiger partial charge >= 0.3 is 0 Å². The van der Waals surface area contributed by atoms with Crippen molar-refractivity contribution in [2.45, 2.75) is 56.1 Å². The van der Waals surface area contributed by atoms with Crippen LogP contribution in [0, 0.1) is 4.78 Å². The molecule has 1 fully saturated rings. The highest BCUT2D eigenvalue weighted by Crippen LogP contribution is 2.57. The number of nitrogens with two attached hydrogens (primary N) is 1. The molecular formula is C9H22N2OSSi. The molecule has 3 N–H and O–H groups in total. The molecule has 1 unspecified atom stereocenters. The van der Waals surface area contributed by atoms with E-state index in [2.05, 4.69) is 33.9 Å². The monoisotopic (exact) mass is 234 g/mol.